The molecule has 1 rings (SSSR count). The summed E-state index contributed by atoms with van der Waals surface area (Å²) in [6.07, 6.45) is 2.45. The fraction of sp³-hybridized carbons (Fsp3) is 0.667. The van der Waals surface area contributed by atoms with Gasteiger partial charge in [-0.05, 0) is 50.4 Å². The van der Waals surface area contributed by atoms with Crippen LogP contribution >= 0.6 is 0 Å². The van der Waals surface area contributed by atoms with Crippen LogP contribution in [0.25, 0.3) is 0 Å². The number of nitrogens with one attached hydrogen (secondary N) is 1. The summed E-state index contributed by atoms with van der Waals surface area (Å²) in [5, 5.41) is 3.44. The highest BCUT2D eigenvalue weighted by atomic mass is 15.1. The van der Waals surface area contributed by atoms with E-state index in [2.05, 4.69) is 69.2 Å². The fourth-order valence-corrected chi connectivity index (χ4v) is 2.48. The van der Waals surface area contributed by atoms with Crippen LogP contribution in [-0.4, -0.2) is 24.5 Å². The third-order valence-corrected chi connectivity index (χ3v) is 3.78. The molecule has 1 N–H and O–H groups in total. The monoisotopic (exact) mass is 276 g/mol. The highest BCUT2D eigenvalue weighted by Crippen LogP contribution is 2.13. The molecule has 0 saturated carbocycles. The Morgan fingerprint density at radius 1 is 1.05 bits per heavy atom. The van der Waals surface area contributed by atoms with Gasteiger partial charge in [-0.3, -0.25) is 4.90 Å². The summed E-state index contributed by atoms with van der Waals surface area (Å²) in [6, 6.07) is 9.67. The van der Waals surface area contributed by atoms with Crippen molar-refractivity contribution in [2.24, 2.45) is 5.92 Å². The molecule has 0 fully saturated rings. The first-order chi connectivity index (χ1) is 9.52. The molecule has 0 heterocycles. The number of benzene rings is 1. The molecule has 1 aromatic carbocycles. The van der Waals surface area contributed by atoms with Crippen LogP contribution in [-0.2, 0) is 13.1 Å². The topological polar surface area (TPSA) is 15.3 Å². The Labute approximate surface area is 125 Å². The zero-order chi connectivity index (χ0) is 15.0. The van der Waals surface area contributed by atoms with Crippen molar-refractivity contribution in [2.45, 2.75) is 59.7 Å². The van der Waals surface area contributed by atoms with Crippen molar-refractivity contribution in [1.29, 1.82) is 0 Å². The Kier molecular flexibility index (Phi) is 7.86. The number of nitrogens with zero attached hydrogens (tertiary/aromatic N) is 1. The molecule has 0 aliphatic rings. The molecule has 0 bridgehead atoms. The molecule has 2 heteroatoms. The van der Waals surface area contributed by atoms with Gasteiger partial charge >= 0.3 is 0 Å². The predicted octanol–water partition coefficient (Wildman–Crippen LogP) is 4.05. The Hall–Kier alpha value is -0.860. The third kappa shape index (κ3) is 6.53. The van der Waals surface area contributed by atoms with E-state index in [1.165, 1.54) is 24.0 Å². The van der Waals surface area contributed by atoms with Crippen LogP contribution in [0.2, 0.25) is 0 Å². The Morgan fingerprint density at radius 2 is 1.65 bits per heavy atom. The number of hydrogen-bond acceptors (Lipinski definition) is 2. The molecule has 0 aromatic heterocycles. The molecule has 0 aliphatic carbocycles. The van der Waals surface area contributed by atoms with Gasteiger partial charge in [0.25, 0.3) is 0 Å². The van der Waals surface area contributed by atoms with Crippen LogP contribution in [0.3, 0.4) is 0 Å². The van der Waals surface area contributed by atoms with Crippen molar-refractivity contribution in [3.8, 4) is 0 Å². The number of rotatable bonds is 9. The van der Waals surface area contributed by atoms with Crippen molar-refractivity contribution in [3.63, 3.8) is 0 Å². The zero-order valence-electron chi connectivity index (χ0n) is 13.9. The summed E-state index contributed by atoms with van der Waals surface area (Å²) in [5.41, 5.74) is 2.78. The zero-order valence-corrected chi connectivity index (χ0v) is 13.9. The quantitative estimate of drug-likeness (QED) is 0.684. The SMILES string of the molecule is CCCNCc1ccc(CN(C)C(C)CC(C)C)cc1. The van der Waals surface area contributed by atoms with Crippen molar-refractivity contribution >= 4 is 0 Å². The molecule has 0 saturated heterocycles. The maximum Gasteiger partial charge on any atom is 0.0233 e. The molecule has 0 amide bonds. The highest BCUT2D eigenvalue weighted by molar-refractivity contribution is 5.22. The fourth-order valence-electron chi connectivity index (χ4n) is 2.48. The Balaban J connectivity index is 2.44. The molecule has 0 spiro atoms. The van der Waals surface area contributed by atoms with Crippen molar-refractivity contribution in [2.75, 3.05) is 13.6 Å². The molecule has 2 nitrogen and oxygen atoms in total. The number of hydrogen-bond donors (Lipinski definition) is 1. The van der Waals surface area contributed by atoms with Gasteiger partial charge in [-0.25, -0.2) is 0 Å². The largest absolute Gasteiger partial charge is 0.313 e. The second-order valence-electron chi connectivity index (χ2n) is 6.39. The van der Waals surface area contributed by atoms with Gasteiger partial charge in [-0.2, -0.15) is 0 Å². The van der Waals surface area contributed by atoms with Crippen molar-refractivity contribution in [1.82, 2.24) is 10.2 Å². The van der Waals surface area contributed by atoms with E-state index in [4.69, 9.17) is 0 Å². The second-order valence-corrected chi connectivity index (χ2v) is 6.39. The lowest BCUT2D eigenvalue weighted by molar-refractivity contribution is 0.220. The Morgan fingerprint density at radius 3 is 2.20 bits per heavy atom. The smallest absolute Gasteiger partial charge is 0.0233 e. The maximum absolute atomic E-state index is 3.44. The molecule has 114 valence electrons. The lowest BCUT2D eigenvalue weighted by atomic mass is 10.0. The lowest BCUT2D eigenvalue weighted by Crippen LogP contribution is -2.29. The van der Waals surface area contributed by atoms with E-state index in [1.807, 2.05) is 0 Å². The van der Waals surface area contributed by atoms with Gasteiger partial charge in [-0.1, -0.05) is 45.0 Å². The molecular formula is C18H32N2. The maximum atomic E-state index is 3.44. The minimum absolute atomic E-state index is 0.640. The second kappa shape index (κ2) is 9.15. The van der Waals surface area contributed by atoms with Crippen LogP contribution in [0.15, 0.2) is 24.3 Å². The first kappa shape index (κ1) is 17.2. The van der Waals surface area contributed by atoms with Gasteiger partial charge in [0.05, 0.1) is 0 Å². The third-order valence-electron chi connectivity index (χ3n) is 3.78. The van der Waals surface area contributed by atoms with E-state index in [0.29, 0.717) is 6.04 Å². The predicted molar refractivity (Wildman–Crippen MR) is 88.8 cm³/mol. The first-order valence-electron chi connectivity index (χ1n) is 8.01. The van der Waals surface area contributed by atoms with Crippen LogP contribution in [0.5, 0.6) is 0 Å². The molecule has 0 aliphatic heterocycles. The summed E-state index contributed by atoms with van der Waals surface area (Å²) < 4.78 is 0. The normalized spacial score (nSPS) is 13.2. The average molecular weight is 276 g/mol. The van der Waals surface area contributed by atoms with Crippen LogP contribution in [0.1, 0.15) is 51.7 Å². The van der Waals surface area contributed by atoms with E-state index in [9.17, 15) is 0 Å². The molecule has 1 unspecified atom stereocenters. The van der Waals surface area contributed by atoms with Gasteiger partial charge in [0.1, 0.15) is 0 Å². The van der Waals surface area contributed by atoms with E-state index >= 15 is 0 Å². The summed E-state index contributed by atoms with van der Waals surface area (Å²) in [6.45, 7) is 12.2. The van der Waals surface area contributed by atoms with E-state index in [-0.39, 0.29) is 0 Å². The highest BCUT2D eigenvalue weighted by Gasteiger charge is 2.11. The van der Waals surface area contributed by atoms with Crippen molar-refractivity contribution < 1.29 is 0 Å². The van der Waals surface area contributed by atoms with Crippen molar-refractivity contribution in [3.05, 3.63) is 35.4 Å². The van der Waals surface area contributed by atoms with Gasteiger partial charge in [0, 0.05) is 19.1 Å². The van der Waals surface area contributed by atoms with Crippen LogP contribution in [0.4, 0.5) is 0 Å². The summed E-state index contributed by atoms with van der Waals surface area (Å²) >= 11 is 0. The average Bonchev–Trinajstić information content (AvgIpc) is 2.40. The van der Waals surface area contributed by atoms with Gasteiger partial charge < -0.3 is 5.32 Å². The van der Waals surface area contributed by atoms with E-state index in [0.717, 1.165) is 25.6 Å². The Bertz CT molecular complexity index is 356. The molecule has 0 radical (unpaired) electrons. The first-order valence-corrected chi connectivity index (χ1v) is 8.01. The molecule has 1 aromatic rings. The minimum atomic E-state index is 0.640. The van der Waals surface area contributed by atoms with E-state index < -0.39 is 0 Å². The van der Waals surface area contributed by atoms with E-state index in [1.54, 1.807) is 0 Å². The van der Waals surface area contributed by atoms with Crippen LogP contribution < -0.4 is 5.32 Å². The summed E-state index contributed by atoms with van der Waals surface area (Å²) in [5.74, 6) is 0.763. The van der Waals surface area contributed by atoms with Gasteiger partial charge in [0.2, 0.25) is 0 Å². The summed E-state index contributed by atoms with van der Waals surface area (Å²) in [7, 11) is 2.23. The molecular weight excluding hydrogens is 244 g/mol. The lowest BCUT2D eigenvalue weighted by Gasteiger charge is -2.26. The standard InChI is InChI=1S/C18H32N2/c1-6-11-19-13-17-7-9-18(10-8-17)14-20(5)16(4)12-15(2)3/h7-10,15-16,19H,6,11-14H2,1-5H3. The molecule has 1 atom stereocenters. The minimum Gasteiger partial charge on any atom is -0.313 e. The van der Waals surface area contributed by atoms with Gasteiger partial charge in [-0.15, -0.1) is 0 Å². The van der Waals surface area contributed by atoms with Crippen LogP contribution in [0, 0.1) is 5.92 Å². The molecule has 20 heavy (non-hydrogen) atoms. The van der Waals surface area contributed by atoms with Gasteiger partial charge in [0.15, 0.2) is 0 Å². The summed E-state index contributed by atoms with van der Waals surface area (Å²) in [4.78, 5) is 2.45.